The highest BCUT2D eigenvalue weighted by molar-refractivity contribution is 5.15. The highest BCUT2D eigenvalue weighted by Gasteiger charge is 2.67. The van der Waals surface area contributed by atoms with Crippen LogP contribution in [0.15, 0.2) is 60.7 Å². The average molecular weight is 317 g/mol. The molecule has 0 aromatic heterocycles. The van der Waals surface area contributed by atoms with Crippen LogP contribution in [0.4, 0.5) is 8.78 Å². The van der Waals surface area contributed by atoms with Gasteiger partial charge in [0.1, 0.15) is 0 Å². The van der Waals surface area contributed by atoms with E-state index in [0.29, 0.717) is 19.7 Å². The van der Waals surface area contributed by atoms with Crippen molar-refractivity contribution in [3.05, 3.63) is 71.8 Å². The van der Waals surface area contributed by atoms with Crippen molar-refractivity contribution < 1.29 is 13.5 Å². The number of ether oxygens (including phenoxy) is 1. The van der Waals surface area contributed by atoms with Gasteiger partial charge in [0.25, 0.3) is 5.92 Å². The Morgan fingerprint density at radius 3 is 2.13 bits per heavy atom. The lowest BCUT2D eigenvalue weighted by atomic mass is 10.2. The standard InChI is InChI=1S/C19H21F2NO/c20-19(21)17(12-22-11-15-7-3-1-4-8-15)18(19)14-23-13-16-9-5-2-6-10-16/h1-10,17-18,22H,11-14H2/t17-,18+/m1/s1. The molecule has 2 atom stereocenters. The quantitative estimate of drug-likeness (QED) is 0.798. The first kappa shape index (κ1) is 16.1. The summed E-state index contributed by atoms with van der Waals surface area (Å²) in [5.41, 5.74) is 2.11. The molecule has 1 saturated carbocycles. The Kier molecular flexibility index (Phi) is 5.03. The summed E-state index contributed by atoms with van der Waals surface area (Å²) >= 11 is 0. The number of nitrogens with one attached hydrogen (secondary N) is 1. The van der Waals surface area contributed by atoms with Crippen LogP contribution in [-0.2, 0) is 17.9 Å². The van der Waals surface area contributed by atoms with Gasteiger partial charge >= 0.3 is 0 Å². The van der Waals surface area contributed by atoms with Crippen molar-refractivity contribution in [2.24, 2.45) is 11.8 Å². The van der Waals surface area contributed by atoms with E-state index in [2.05, 4.69) is 5.32 Å². The van der Waals surface area contributed by atoms with E-state index in [1.165, 1.54) is 0 Å². The summed E-state index contributed by atoms with van der Waals surface area (Å²) in [5, 5.41) is 3.12. The summed E-state index contributed by atoms with van der Waals surface area (Å²) in [7, 11) is 0. The fourth-order valence-electron chi connectivity index (χ4n) is 2.81. The third kappa shape index (κ3) is 4.15. The molecule has 2 aromatic rings. The van der Waals surface area contributed by atoms with Gasteiger partial charge in [0.15, 0.2) is 0 Å². The van der Waals surface area contributed by atoms with Crippen molar-refractivity contribution in [1.82, 2.24) is 5.32 Å². The third-order valence-electron chi connectivity index (χ3n) is 4.31. The van der Waals surface area contributed by atoms with Gasteiger partial charge in [0.05, 0.1) is 19.1 Å². The molecule has 0 saturated heterocycles. The summed E-state index contributed by atoms with van der Waals surface area (Å²) in [4.78, 5) is 0. The summed E-state index contributed by atoms with van der Waals surface area (Å²) in [6, 6.07) is 19.4. The molecule has 2 nitrogen and oxygen atoms in total. The predicted molar refractivity (Wildman–Crippen MR) is 86.2 cm³/mol. The number of benzene rings is 2. The molecule has 0 heterocycles. The van der Waals surface area contributed by atoms with Crippen molar-refractivity contribution in [2.45, 2.75) is 19.1 Å². The van der Waals surface area contributed by atoms with Crippen LogP contribution in [-0.4, -0.2) is 19.1 Å². The molecule has 0 radical (unpaired) electrons. The Labute approximate surface area is 135 Å². The highest BCUT2D eigenvalue weighted by atomic mass is 19.3. The van der Waals surface area contributed by atoms with E-state index in [-0.39, 0.29) is 6.61 Å². The lowest BCUT2D eigenvalue weighted by Crippen LogP contribution is -2.18. The van der Waals surface area contributed by atoms with E-state index in [1.54, 1.807) is 0 Å². The van der Waals surface area contributed by atoms with Crippen LogP contribution in [0.1, 0.15) is 11.1 Å². The van der Waals surface area contributed by atoms with Gasteiger partial charge in [-0.25, -0.2) is 8.78 Å². The van der Waals surface area contributed by atoms with Crippen LogP contribution >= 0.6 is 0 Å². The minimum atomic E-state index is -2.61. The maximum absolute atomic E-state index is 13.8. The van der Waals surface area contributed by atoms with Gasteiger partial charge in [0, 0.05) is 19.0 Å². The van der Waals surface area contributed by atoms with Gasteiger partial charge in [-0.05, 0) is 11.1 Å². The zero-order valence-electron chi connectivity index (χ0n) is 12.9. The molecule has 0 amide bonds. The lowest BCUT2D eigenvalue weighted by Gasteiger charge is -2.04. The van der Waals surface area contributed by atoms with Gasteiger partial charge in [-0.3, -0.25) is 0 Å². The van der Waals surface area contributed by atoms with Gasteiger partial charge in [-0.15, -0.1) is 0 Å². The van der Waals surface area contributed by atoms with E-state index < -0.39 is 17.8 Å². The predicted octanol–water partition coefficient (Wildman–Crippen LogP) is 3.87. The van der Waals surface area contributed by atoms with Gasteiger partial charge < -0.3 is 10.1 Å². The van der Waals surface area contributed by atoms with E-state index in [9.17, 15) is 8.78 Å². The first-order valence-corrected chi connectivity index (χ1v) is 7.92. The van der Waals surface area contributed by atoms with E-state index in [1.807, 2.05) is 60.7 Å². The number of rotatable bonds is 8. The van der Waals surface area contributed by atoms with Crippen molar-refractivity contribution in [3.63, 3.8) is 0 Å². The Hall–Kier alpha value is -1.78. The molecule has 0 spiro atoms. The van der Waals surface area contributed by atoms with Crippen LogP contribution in [0.3, 0.4) is 0 Å². The second kappa shape index (κ2) is 7.20. The Bertz CT molecular complexity index is 550. The van der Waals surface area contributed by atoms with Crippen molar-refractivity contribution in [2.75, 3.05) is 13.2 Å². The largest absolute Gasteiger partial charge is 0.376 e. The summed E-state index contributed by atoms with van der Waals surface area (Å²) in [5.74, 6) is -3.91. The average Bonchev–Trinajstić information content (AvgIpc) is 3.09. The zero-order chi connectivity index (χ0) is 16.1. The Morgan fingerprint density at radius 2 is 1.48 bits per heavy atom. The first-order valence-electron chi connectivity index (χ1n) is 7.92. The lowest BCUT2D eigenvalue weighted by molar-refractivity contribution is 0.0460. The SMILES string of the molecule is FC1(F)[C@H](CNCc2ccccc2)[C@@H]1COCc1ccccc1. The zero-order valence-corrected chi connectivity index (χ0v) is 12.9. The molecule has 0 aliphatic heterocycles. The molecule has 122 valence electrons. The maximum atomic E-state index is 13.8. The highest BCUT2D eigenvalue weighted by Crippen LogP contribution is 2.54. The fourth-order valence-corrected chi connectivity index (χ4v) is 2.81. The normalized spacial score (nSPS) is 22.0. The molecule has 1 N–H and O–H groups in total. The summed E-state index contributed by atoms with van der Waals surface area (Å²) in [6.45, 7) is 1.43. The molecular weight excluding hydrogens is 296 g/mol. The first-order chi connectivity index (χ1) is 11.2. The van der Waals surface area contributed by atoms with Gasteiger partial charge in [-0.2, -0.15) is 0 Å². The number of alkyl halides is 2. The molecule has 1 aliphatic rings. The van der Waals surface area contributed by atoms with Crippen LogP contribution in [0, 0.1) is 11.8 Å². The molecule has 23 heavy (non-hydrogen) atoms. The smallest absolute Gasteiger partial charge is 0.258 e. The molecular formula is C19H21F2NO. The second-order valence-electron chi connectivity index (χ2n) is 6.00. The van der Waals surface area contributed by atoms with Crippen LogP contribution in [0.25, 0.3) is 0 Å². The van der Waals surface area contributed by atoms with E-state index in [0.717, 1.165) is 11.1 Å². The Balaban J connectivity index is 1.39. The van der Waals surface area contributed by atoms with E-state index >= 15 is 0 Å². The molecule has 0 unspecified atom stereocenters. The van der Waals surface area contributed by atoms with Gasteiger partial charge in [0.2, 0.25) is 0 Å². The molecule has 2 aromatic carbocycles. The molecule has 1 aliphatic carbocycles. The van der Waals surface area contributed by atoms with Crippen molar-refractivity contribution in [3.8, 4) is 0 Å². The number of hydrogen-bond donors (Lipinski definition) is 1. The molecule has 1 fully saturated rings. The third-order valence-corrected chi connectivity index (χ3v) is 4.31. The monoisotopic (exact) mass is 317 g/mol. The van der Waals surface area contributed by atoms with Gasteiger partial charge in [-0.1, -0.05) is 60.7 Å². The summed E-state index contributed by atoms with van der Waals surface area (Å²) in [6.07, 6.45) is 0. The Morgan fingerprint density at radius 1 is 0.870 bits per heavy atom. The van der Waals surface area contributed by atoms with Crippen LogP contribution in [0.2, 0.25) is 0 Å². The molecule has 4 heteroatoms. The maximum Gasteiger partial charge on any atom is 0.258 e. The van der Waals surface area contributed by atoms with Crippen molar-refractivity contribution >= 4 is 0 Å². The number of hydrogen-bond acceptors (Lipinski definition) is 2. The van der Waals surface area contributed by atoms with Crippen molar-refractivity contribution in [1.29, 1.82) is 0 Å². The van der Waals surface area contributed by atoms with Crippen LogP contribution < -0.4 is 5.32 Å². The van der Waals surface area contributed by atoms with Crippen LogP contribution in [0.5, 0.6) is 0 Å². The minimum Gasteiger partial charge on any atom is -0.376 e. The molecule has 0 bridgehead atoms. The van der Waals surface area contributed by atoms with E-state index in [4.69, 9.17) is 4.74 Å². The topological polar surface area (TPSA) is 21.3 Å². The molecule has 3 rings (SSSR count). The summed E-state index contributed by atoms with van der Waals surface area (Å²) < 4.78 is 33.1. The second-order valence-corrected chi connectivity index (χ2v) is 6.00. The minimum absolute atomic E-state index is 0.111. The fraction of sp³-hybridized carbons (Fsp3) is 0.368. The number of halogens is 2.